The second-order valence-electron chi connectivity index (χ2n) is 8.36. The lowest BCUT2D eigenvalue weighted by molar-refractivity contribution is 0.282. The van der Waals surface area contributed by atoms with Gasteiger partial charge in [-0.2, -0.15) is 9.47 Å². The summed E-state index contributed by atoms with van der Waals surface area (Å²) >= 11 is 8.19. The highest BCUT2D eigenvalue weighted by Gasteiger charge is 2.23. The first-order valence-corrected chi connectivity index (χ1v) is 11.5. The van der Waals surface area contributed by atoms with Gasteiger partial charge in [0.2, 0.25) is 0 Å². The predicted octanol–water partition coefficient (Wildman–Crippen LogP) is 4.26. The Kier molecular flexibility index (Phi) is 5.26. The van der Waals surface area contributed by atoms with E-state index in [0.717, 1.165) is 51.0 Å². The van der Waals surface area contributed by atoms with Gasteiger partial charge in [-0.25, -0.2) is 0 Å². The summed E-state index contributed by atoms with van der Waals surface area (Å²) in [7, 11) is 1.89. The number of anilines is 3. The number of fused-ring (bicyclic) bond motifs is 2. The van der Waals surface area contributed by atoms with Crippen molar-refractivity contribution in [1.29, 1.82) is 0 Å². The van der Waals surface area contributed by atoms with Gasteiger partial charge in [0.25, 0.3) is 0 Å². The third-order valence-corrected chi connectivity index (χ3v) is 6.79. The highest BCUT2D eigenvalue weighted by Crippen LogP contribution is 2.39. The summed E-state index contributed by atoms with van der Waals surface area (Å²) in [4.78, 5) is 2.38. The van der Waals surface area contributed by atoms with Crippen molar-refractivity contribution >= 4 is 61.3 Å². The number of halogens is 1. The normalized spacial score (nSPS) is 19.5. The number of nitrogens with zero attached hydrogens (tertiary/aromatic N) is 4. The molecular weight excluding hydrogens is 432 g/mol. The SMILES string of the molecule is C[C@H]1CN(c2cc(Cl)c3c(Nc4cc5cn(C)nc5cc4CO)nsc3c2)C[C@H](C)N1. The molecule has 1 fully saturated rings. The Morgan fingerprint density at radius 3 is 2.74 bits per heavy atom. The average molecular weight is 457 g/mol. The lowest BCUT2D eigenvalue weighted by atomic mass is 10.1. The van der Waals surface area contributed by atoms with Crippen molar-refractivity contribution in [3.05, 3.63) is 41.0 Å². The maximum Gasteiger partial charge on any atom is 0.153 e. The van der Waals surface area contributed by atoms with Gasteiger partial charge in [0.1, 0.15) is 0 Å². The molecule has 7 nitrogen and oxygen atoms in total. The number of hydrogen-bond donors (Lipinski definition) is 3. The first-order valence-electron chi connectivity index (χ1n) is 10.4. The molecule has 0 amide bonds. The van der Waals surface area contributed by atoms with Crippen molar-refractivity contribution in [2.75, 3.05) is 23.3 Å². The fourth-order valence-electron chi connectivity index (χ4n) is 4.43. The number of benzene rings is 2. The number of nitrogens with one attached hydrogen (secondary N) is 2. The van der Waals surface area contributed by atoms with E-state index >= 15 is 0 Å². The van der Waals surface area contributed by atoms with Crippen LogP contribution in [0.5, 0.6) is 0 Å². The van der Waals surface area contributed by atoms with Crippen molar-refractivity contribution in [3.63, 3.8) is 0 Å². The Hall–Kier alpha value is -2.39. The Labute approximate surface area is 189 Å². The summed E-state index contributed by atoms with van der Waals surface area (Å²) in [6, 6.07) is 8.95. The lowest BCUT2D eigenvalue weighted by Crippen LogP contribution is -2.54. The Balaban J connectivity index is 1.51. The van der Waals surface area contributed by atoms with Crippen LogP contribution in [-0.2, 0) is 13.7 Å². The molecule has 2 aromatic heterocycles. The van der Waals surface area contributed by atoms with Gasteiger partial charge in [0.15, 0.2) is 5.82 Å². The number of aliphatic hydroxyl groups excluding tert-OH is 1. The molecule has 0 spiro atoms. The van der Waals surface area contributed by atoms with Crippen molar-refractivity contribution in [2.45, 2.75) is 32.5 Å². The minimum Gasteiger partial charge on any atom is -0.392 e. The zero-order valence-electron chi connectivity index (χ0n) is 17.7. The Bertz CT molecular complexity index is 1260. The maximum absolute atomic E-state index is 9.88. The second-order valence-corrected chi connectivity index (χ2v) is 9.57. The van der Waals surface area contributed by atoms with Crippen LogP contribution in [0.3, 0.4) is 0 Å². The first-order chi connectivity index (χ1) is 14.9. The van der Waals surface area contributed by atoms with Gasteiger partial charge in [-0.05, 0) is 49.6 Å². The Morgan fingerprint density at radius 1 is 1.23 bits per heavy atom. The first kappa shape index (κ1) is 20.5. The molecule has 0 bridgehead atoms. The molecule has 0 radical (unpaired) electrons. The molecule has 3 heterocycles. The largest absolute Gasteiger partial charge is 0.392 e. The smallest absolute Gasteiger partial charge is 0.153 e. The maximum atomic E-state index is 9.88. The van der Waals surface area contributed by atoms with Gasteiger partial charge in [-0.1, -0.05) is 11.6 Å². The molecule has 2 atom stereocenters. The van der Waals surface area contributed by atoms with Crippen LogP contribution in [-0.4, -0.2) is 44.4 Å². The highest BCUT2D eigenvalue weighted by molar-refractivity contribution is 7.14. The Morgan fingerprint density at radius 2 is 2.00 bits per heavy atom. The van der Waals surface area contributed by atoms with Crippen molar-refractivity contribution in [1.82, 2.24) is 19.5 Å². The van der Waals surface area contributed by atoms with E-state index < -0.39 is 0 Å². The molecule has 162 valence electrons. The van der Waals surface area contributed by atoms with Crippen molar-refractivity contribution in [3.8, 4) is 0 Å². The summed E-state index contributed by atoms with van der Waals surface area (Å²) in [5.74, 6) is 0.705. The summed E-state index contributed by atoms with van der Waals surface area (Å²) in [5, 5.41) is 23.8. The molecule has 0 aliphatic carbocycles. The second kappa shape index (κ2) is 7.94. The van der Waals surface area contributed by atoms with Crippen LogP contribution in [0.1, 0.15) is 19.4 Å². The molecule has 4 aromatic rings. The molecule has 0 unspecified atom stereocenters. The van der Waals surface area contributed by atoms with Crippen LogP contribution in [0.4, 0.5) is 17.2 Å². The monoisotopic (exact) mass is 456 g/mol. The van der Waals surface area contributed by atoms with Gasteiger partial charge in [0, 0.05) is 60.7 Å². The average Bonchev–Trinajstić information content (AvgIpc) is 3.28. The molecule has 1 aliphatic heterocycles. The number of piperazine rings is 1. The molecule has 0 saturated carbocycles. The molecule has 9 heteroatoms. The highest BCUT2D eigenvalue weighted by atomic mass is 35.5. The third-order valence-electron chi connectivity index (χ3n) is 5.70. The number of aliphatic hydroxyl groups is 1. The fourth-order valence-corrected chi connectivity index (χ4v) is 5.59. The fraction of sp³-hybridized carbons (Fsp3) is 0.364. The van der Waals surface area contributed by atoms with Crippen molar-refractivity contribution in [2.24, 2.45) is 7.05 Å². The molecular formula is C22H25ClN6OS. The van der Waals surface area contributed by atoms with Gasteiger partial charge in [-0.15, -0.1) is 0 Å². The van der Waals surface area contributed by atoms with E-state index in [9.17, 15) is 5.11 Å². The lowest BCUT2D eigenvalue weighted by Gasteiger charge is -2.37. The van der Waals surface area contributed by atoms with Crippen LogP contribution >= 0.6 is 23.1 Å². The van der Waals surface area contributed by atoms with Crippen LogP contribution in [0.15, 0.2) is 30.5 Å². The number of rotatable bonds is 4. The van der Waals surface area contributed by atoms with E-state index in [-0.39, 0.29) is 6.61 Å². The zero-order chi connectivity index (χ0) is 21.7. The third kappa shape index (κ3) is 3.85. The number of aryl methyl sites for hydroxylation is 1. The van der Waals surface area contributed by atoms with Gasteiger partial charge in [0.05, 0.1) is 27.2 Å². The van der Waals surface area contributed by atoms with E-state index in [2.05, 4.69) is 44.9 Å². The van der Waals surface area contributed by atoms with E-state index in [1.54, 1.807) is 4.68 Å². The molecule has 1 aliphatic rings. The zero-order valence-corrected chi connectivity index (χ0v) is 19.3. The van der Waals surface area contributed by atoms with Crippen molar-refractivity contribution < 1.29 is 5.11 Å². The van der Waals surface area contributed by atoms with Crippen LogP contribution in [0, 0.1) is 0 Å². The van der Waals surface area contributed by atoms with Gasteiger partial charge in [-0.3, -0.25) is 4.68 Å². The topological polar surface area (TPSA) is 78.2 Å². The number of hydrogen-bond acceptors (Lipinski definition) is 7. The van der Waals surface area contributed by atoms with Crippen LogP contribution < -0.4 is 15.5 Å². The van der Waals surface area contributed by atoms with Crippen LogP contribution in [0.25, 0.3) is 21.0 Å². The molecule has 5 rings (SSSR count). The van der Waals surface area contributed by atoms with E-state index in [0.29, 0.717) is 22.9 Å². The van der Waals surface area contributed by atoms with Gasteiger partial charge < -0.3 is 20.6 Å². The molecule has 2 aromatic carbocycles. The summed E-state index contributed by atoms with van der Waals surface area (Å²) in [6.45, 7) is 6.21. The quantitative estimate of drug-likeness (QED) is 0.426. The van der Waals surface area contributed by atoms with Gasteiger partial charge >= 0.3 is 0 Å². The van der Waals surface area contributed by atoms with Crippen LogP contribution in [0.2, 0.25) is 5.02 Å². The molecule has 3 N–H and O–H groups in total. The predicted molar refractivity (Wildman–Crippen MR) is 129 cm³/mol. The van der Waals surface area contributed by atoms with E-state index in [1.807, 2.05) is 31.4 Å². The summed E-state index contributed by atoms with van der Waals surface area (Å²) in [5.41, 5.74) is 3.55. The minimum absolute atomic E-state index is 0.0891. The number of aromatic nitrogens is 3. The molecule has 31 heavy (non-hydrogen) atoms. The van der Waals surface area contributed by atoms with E-state index in [1.165, 1.54) is 11.5 Å². The summed E-state index contributed by atoms with van der Waals surface area (Å²) < 4.78 is 7.45. The summed E-state index contributed by atoms with van der Waals surface area (Å²) in [6.07, 6.45) is 1.95. The minimum atomic E-state index is -0.0891. The van der Waals surface area contributed by atoms with E-state index in [4.69, 9.17) is 11.6 Å². The standard InChI is InChI=1S/C22H25ClN6OS/c1-12-8-29(9-13(2)24-12)16-6-17(23)21-20(7-16)31-27-22(21)25-18-4-14-10-28(3)26-19(14)5-15(18)11-30/h4-7,10,12-13,24,30H,8-9,11H2,1-3H3,(H,25,27)/t12-,13-/m0/s1. The molecule has 1 saturated heterocycles.